The van der Waals surface area contributed by atoms with Gasteiger partial charge in [0.05, 0.1) is 5.56 Å². The zero-order valence-electron chi connectivity index (χ0n) is 28.4. The summed E-state index contributed by atoms with van der Waals surface area (Å²) < 4.78 is 84.8. The van der Waals surface area contributed by atoms with Gasteiger partial charge in [-0.25, -0.2) is 36.3 Å². The predicted octanol–water partition coefficient (Wildman–Crippen LogP) is 9.86. The van der Waals surface area contributed by atoms with Crippen molar-refractivity contribution in [1.82, 2.24) is 9.97 Å². The van der Waals surface area contributed by atoms with E-state index in [1.54, 1.807) is 12.1 Å². The van der Waals surface area contributed by atoms with Gasteiger partial charge in [0.15, 0.2) is 12.4 Å². The fraction of sp³-hybridized carbons (Fsp3) is 0.0476. The number of aryl methyl sites for hydroxylation is 2. The van der Waals surface area contributed by atoms with Crippen molar-refractivity contribution in [3.8, 4) is 44.8 Å². The lowest BCUT2D eigenvalue weighted by atomic mass is 9.95. The summed E-state index contributed by atoms with van der Waals surface area (Å²) in [4.78, 5) is 8.50. The van der Waals surface area contributed by atoms with Gasteiger partial charge in [-0.1, -0.05) is 24.3 Å². The van der Waals surface area contributed by atoms with Crippen molar-refractivity contribution in [3.05, 3.63) is 178 Å². The third-order valence-electron chi connectivity index (χ3n) is 8.98. The number of pyridine rings is 4. The summed E-state index contributed by atoms with van der Waals surface area (Å²) in [6, 6.07) is 21.7. The van der Waals surface area contributed by atoms with Crippen molar-refractivity contribution >= 4 is 21.8 Å². The number of hydrogen-bond acceptors (Lipinski definition) is 4. The molecule has 54 heavy (non-hydrogen) atoms. The summed E-state index contributed by atoms with van der Waals surface area (Å²) in [6.07, 6.45) is 5.30. The second-order valence-electron chi connectivity index (χ2n) is 12.3. The van der Waals surface area contributed by atoms with E-state index in [9.17, 15) is 36.8 Å². The average Bonchev–Trinajstić information content (AvgIpc) is 3.13. The Bertz CT molecular complexity index is 2530. The molecule has 0 fully saturated rings. The summed E-state index contributed by atoms with van der Waals surface area (Å²) in [5, 5.41) is 25.9. The Morgan fingerprint density at radius 3 is 1.33 bits per heavy atom. The zero-order valence-corrected chi connectivity index (χ0v) is 28.4. The average molecular weight is 733 g/mol. The van der Waals surface area contributed by atoms with Crippen molar-refractivity contribution < 1.29 is 35.8 Å². The SMILES string of the molecule is Cc1cccc(C)c1-c1c2nccc(-c3ccc(F)cc3F)c2cc[n+]1[O-].[O-][n+]1ccc2c(-c3ccc(F)cc3F)ccnc2c1-c1c(F)cccc1F. The van der Waals surface area contributed by atoms with E-state index in [4.69, 9.17) is 0 Å². The summed E-state index contributed by atoms with van der Waals surface area (Å²) in [5.41, 5.74) is 3.97. The number of benzene rings is 4. The van der Waals surface area contributed by atoms with E-state index in [1.165, 1.54) is 55.0 Å². The molecule has 0 spiro atoms. The summed E-state index contributed by atoms with van der Waals surface area (Å²) in [5.74, 6) is -4.68. The number of rotatable bonds is 4. The topological polar surface area (TPSA) is 79.7 Å². The van der Waals surface area contributed by atoms with Gasteiger partial charge < -0.3 is 10.4 Å². The van der Waals surface area contributed by atoms with Crippen LogP contribution in [0.4, 0.5) is 26.3 Å². The van der Waals surface area contributed by atoms with Crippen LogP contribution in [0.25, 0.3) is 66.6 Å². The van der Waals surface area contributed by atoms with E-state index in [0.29, 0.717) is 37.8 Å². The first-order valence-corrected chi connectivity index (χ1v) is 16.4. The lowest BCUT2D eigenvalue weighted by molar-refractivity contribution is -0.592. The highest BCUT2D eigenvalue weighted by atomic mass is 19.2. The summed E-state index contributed by atoms with van der Waals surface area (Å²) in [7, 11) is 0. The lowest BCUT2D eigenvalue weighted by Gasteiger charge is -2.14. The van der Waals surface area contributed by atoms with E-state index in [-0.39, 0.29) is 22.3 Å². The first kappa shape index (κ1) is 35.6. The molecule has 0 amide bonds. The van der Waals surface area contributed by atoms with Crippen LogP contribution >= 0.6 is 0 Å². The molecule has 8 aromatic rings. The van der Waals surface area contributed by atoms with Gasteiger partial charge >= 0.3 is 0 Å². The molecule has 8 rings (SSSR count). The van der Waals surface area contributed by atoms with Gasteiger partial charge in [0.25, 0.3) is 11.4 Å². The van der Waals surface area contributed by atoms with Crippen LogP contribution in [-0.4, -0.2) is 9.97 Å². The lowest BCUT2D eigenvalue weighted by Crippen LogP contribution is -2.29. The second-order valence-corrected chi connectivity index (χ2v) is 12.3. The largest absolute Gasteiger partial charge is 0.618 e. The third kappa shape index (κ3) is 6.42. The molecule has 12 heteroatoms. The molecule has 0 bridgehead atoms. The molecule has 4 heterocycles. The molecule has 4 aromatic carbocycles. The minimum atomic E-state index is -0.924. The van der Waals surface area contributed by atoms with Gasteiger partial charge in [-0.15, -0.1) is 0 Å². The van der Waals surface area contributed by atoms with E-state index in [0.717, 1.165) is 57.9 Å². The van der Waals surface area contributed by atoms with Crippen LogP contribution in [0.3, 0.4) is 0 Å². The number of nitrogens with zero attached hydrogens (tertiary/aromatic N) is 4. The molecular weight excluding hydrogens is 706 g/mol. The Labute approximate surface area is 304 Å². The minimum Gasteiger partial charge on any atom is -0.618 e. The fourth-order valence-corrected chi connectivity index (χ4v) is 6.56. The number of fused-ring (bicyclic) bond motifs is 2. The Kier molecular flexibility index (Phi) is 9.42. The van der Waals surface area contributed by atoms with Crippen LogP contribution in [0.5, 0.6) is 0 Å². The van der Waals surface area contributed by atoms with Gasteiger partial charge in [0.1, 0.15) is 51.5 Å². The highest BCUT2D eigenvalue weighted by Gasteiger charge is 2.25. The minimum absolute atomic E-state index is 0.00211. The van der Waals surface area contributed by atoms with Gasteiger partial charge in [-0.2, -0.15) is 9.46 Å². The van der Waals surface area contributed by atoms with E-state index in [2.05, 4.69) is 9.97 Å². The highest BCUT2D eigenvalue weighted by Crippen LogP contribution is 2.36. The molecule has 0 saturated heterocycles. The van der Waals surface area contributed by atoms with Gasteiger partial charge in [-0.3, -0.25) is 0 Å². The maximum atomic E-state index is 14.4. The third-order valence-corrected chi connectivity index (χ3v) is 8.98. The Morgan fingerprint density at radius 1 is 0.463 bits per heavy atom. The van der Waals surface area contributed by atoms with Crippen molar-refractivity contribution in [2.45, 2.75) is 13.8 Å². The molecule has 0 atom stereocenters. The molecule has 4 aromatic heterocycles. The van der Waals surface area contributed by atoms with Gasteiger partial charge in [-0.05, 0) is 84.6 Å². The summed E-state index contributed by atoms with van der Waals surface area (Å²) >= 11 is 0. The molecule has 0 N–H and O–H groups in total. The van der Waals surface area contributed by atoms with Crippen molar-refractivity contribution in [3.63, 3.8) is 0 Å². The molecule has 0 aliphatic heterocycles. The normalized spacial score (nSPS) is 11.1. The molecule has 0 radical (unpaired) electrons. The van der Waals surface area contributed by atoms with Crippen LogP contribution in [0, 0.1) is 59.2 Å². The monoisotopic (exact) mass is 732 g/mol. The van der Waals surface area contributed by atoms with Crippen LogP contribution in [0.1, 0.15) is 11.1 Å². The van der Waals surface area contributed by atoms with Crippen LogP contribution in [-0.2, 0) is 0 Å². The number of aromatic nitrogens is 4. The van der Waals surface area contributed by atoms with E-state index >= 15 is 0 Å². The maximum absolute atomic E-state index is 14.4. The maximum Gasteiger partial charge on any atom is 0.256 e. The zero-order chi connectivity index (χ0) is 38.3. The molecule has 0 aliphatic rings. The first-order valence-electron chi connectivity index (χ1n) is 16.4. The first-order chi connectivity index (χ1) is 25.9. The number of hydrogen-bond donors (Lipinski definition) is 0. The van der Waals surface area contributed by atoms with Gasteiger partial charge in [0.2, 0.25) is 0 Å². The quantitative estimate of drug-likeness (QED) is 0.103. The molecule has 0 aliphatic carbocycles. The standard InChI is InChI=1S/C22H16F2N2O.C20H10F4N2O/c1-13-4-3-5-14(2)20(13)22-21-18(9-11-26(22)27)16(8-10-25-21)17-7-6-15(23)12-19(17)24;21-11-4-5-13(17(24)10-11)12-6-8-25-19-14(12)7-9-26(27)20(19)18-15(22)2-1-3-16(18)23/h3-12H,1-2H3;1-10H. The van der Waals surface area contributed by atoms with E-state index in [1.807, 2.05) is 32.0 Å². The van der Waals surface area contributed by atoms with Crippen LogP contribution in [0.2, 0.25) is 0 Å². The molecular formula is C42H26F6N4O2. The molecule has 0 saturated carbocycles. The van der Waals surface area contributed by atoms with Gasteiger partial charge in [0, 0.05) is 58.6 Å². The van der Waals surface area contributed by atoms with E-state index < -0.39 is 40.5 Å². The molecule has 0 unspecified atom stereocenters. The van der Waals surface area contributed by atoms with Crippen molar-refractivity contribution in [1.29, 1.82) is 0 Å². The fourth-order valence-electron chi connectivity index (χ4n) is 6.56. The second kappa shape index (κ2) is 14.3. The van der Waals surface area contributed by atoms with Crippen molar-refractivity contribution in [2.24, 2.45) is 0 Å². The smallest absolute Gasteiger partial charge is 0.256 e. The Balaban J connectivity index is 0.000000167. The Hall–Kier alpha value is -6.82. The molecule has 6 nitrogen and oxygen atoms in total. The summed E-state index contributed by atoms with van der Waals surface area (Å²) in [6.45, 7) is 3.87. The predicted molar refractivity (Wildman–Crippen MR) is 192 cm³/mol. The van der Waals surface area contributed by atoms with Crippen LogP contribution in [0.15, 0.2) is 122 Å². The number of halogens is 6. The van der Waals surface area contributed by atoms with Crippen molar-refractivity contribution in [2.75, 3.05) is 0 Å². The van der Waals surface area contributed by atoms with Crippen LogP contribution < -0.4 is 9.46 Å². The molecule has 268 valence electrons. The Morgan fingerprint density at radius 2 is 0.889 bits per heavy atom. The highest BCUT2D eigenvalue weighted by molar-refractivity contribution is 6.01.